The summed E-state index contributed by atoms with van der Waals surface area (Å²) in [5.41, 5.74) is 2.14. The molecule has 1 N–H and O–H groups in total. The van der Waals surface area contributed by atoms with Crippen LogP contribution in [0.1, 0.15) is 30.6 Å². The van der Waals surface area contributed by atoms with Crippen LogP contribution >= 0.6 is 0 Å². The van der Waals surface area contributed by atoms with Gasteiger partial charge in [0.1, 0.15) is 11.6 Å². The van der Waals surface area contributed by atoms with Gasteiger partial charge in [0.05, 0.1) is 0 Å². The molecule has 1 unspecified atom stereocenters. The molecule has 6 heteroatoms. The lowest BCUT2D eigenvalue weighted by Gasteiger charge is -2.25. The summed E-state index contributed by atoms with van der Waals surface area (Å²) >= 11 is 0. The molecule has 0 amide bonds. The first kappa shape index (κ1) is 15.9. The SMILES string of the molecule is CCc1nnc2n1CC(NCc1cnc(-c3ccccc3)nc1)CC2. The molecule has 0 radical (unpaired) electrons. The molecule has 0 saturated heterocycles. The lowest BCUT2D eigenvalue weighted by Crippen LogP contribution is -2.37. The van der Waals surface area contributed by atoms with Crippen LogP contribution in [-0.4, -0.2) is 30.8 Å². The van der Waals surface area contributed by atoms with Crippen LogP contribution in [0.25, 0.3) is 11.4 Å². The van der Waals surface area contributed by atoms with Gasteiger partial charge < -0.3 is 9.88 Å². The summed E-state index contributed by atoms with van der Waals surface area (Å²) in [5.74, 6) is 2.96. The van der Waals surface area contributed by atoms with Crippen LogP contribution in [0.3, 0.4) is 0 Å². The number of benzene rings is 1. The average molecular weight is 334 g/mol. The van der Waals surface area contributed by atoms with Crippen LogP contribution in [0, 0.1) is 0 Å². The molecule has 0 bridgehead atoms. The van der Waals surface area contributed by atoms with Gasteiger partial charge in [0.2, 0.25) is 0 Å². The summed E-state index contributed by atoms with van der Waals surface area (Å²) in [4.78, 5) is 8.98. The zero-order valence-electron chi connectivity index (χ0n) is 14.4. The van der Waals surface area contributed by atoms with Gasteiger partial charge in [-0.1, -0.05) is 37.3 Å². The number of rotatable bonds is 5. The molecule has 1 aliphatic heterocycles. The molecule has 0 aliphatic carbocycles. The Morgan fingerprint density at radius 2 is 1.92 bits per heavy atom. The van der Waals surface area contributed by atoms with E-state index in [1.165, 1.54) is 0 Å². The molecule has 1 aromatic carbocycles. The summed E-state index contributed by atoms with van der Waals surface area (Å²) in [6, 6.07) is 10.5. The Labute approximate surface area is 147 Å². The molecule has 6 nitrogen and oxygen atoms in total. The second-order valence-electron chi connectivity index (χ2n) is 6.39. The smallest absolute Gasteiger partial charge is 0.159 e. The van der Waals surface area contributed by atoms with Crippen molar-refractivity contribution < 1.29 is 0 Å². The highest BCUT2D eigenvalue weighted by Crippen LogP contribution is 2.16. The van der Waals surface area contributed by atoms with Gasteiger partial charge in [0.15, 0.2) is 5.82 Å². The number of nitrogens with zero attached hydrogens (tertiary/aromatic N) is 5. The number of nitrogens with one attached hydrogen (secondary N) is 1. The second-order valence-corrected chi connectivity index (χ2v) is 6.39. The maximum Gasteiger partial charge on any atom is 0.159 e. The van der Waals surface area contributed by atoms with Gasteiger partial charge in [-0.2, -0.15) is 0 Å². The highest BCUT2D eigenvalue weighted by atomic mass is 15.3. The van der Waals surface area contributed by atoms with Gasteiger partial charge in [-0.15, -0.1) is 10.2 Å². The van der Waals surface area contributed by atoms with Gasteiger partial charge in [-0.05, 0) is 6.42 Å². The first-order valence-electron chi connectivity index (χ1n) is 8.84. The Morgan fingerprint density at radius 3 is 2.68 bits per heavy atom. The Bertz CT molecular complexity index is 811. The van der Waals surface area contributed by atoms with E-state index in [2.05, 4.69) is 37.0 Å². The molecule has 1 atom stereocenters. The fourth-order valence-electron chi connectivity index (χ4n) is 3.26. The Hall–Kier alpha value is -2.60. The highest BCUT2D eigenvalue weighted by Gasteiger charge is 2.21. The Morgan fingerprint density at radius 1 is 1.12 bits per heavy atom. The standard InChI is InChI=1S/C19H22N6/c1-2-17-23-24-18-9-8-16(13-25(17)18)20-10-14-11-21-19(22-12-14)15-6-4-3-5-7-15/h3-7,11-12,16,20H,2,8-10,13H2,1H3. The first-order chi connectivity index (χ1) is 12.3. The van der Waals surface area contributed by atoms with Crippen molar-refractivity contribution in [2.75, 3.05) is 0 Å². The van der Waals surface area contributed by atoms with Crippen LogP contribution in [0.4, 0.5) is 0 Å². The molecular formula is C19H22N6. The van der Waals surface area contributed by atoms with E-state index in [4.69, 9.17) is 0 Å². The van der Waals surface area contributed by atoms with Crippen LogP contribution in [0.2, 0.25) is 0 Å². The minimum Gasteiger partial charge on any atom is -0.313 e. The minimum absolute atomic E-state index is 0.433. The third-order valence-corrected chi connectivity index (χ3v) is 4.67. The van der Waals surface area contributed by atoms with Crippen molar-refractivity contribution in [3.8, 4) is 11.4 Å². The molecule has 4 rings (SSSR count). The molecule has 3 heterocycles. The van der Waals surface area contributed by atoms with Crippen LogP contribution in [0.15, 0.2) is 42.7 Å². The third-order valence-electron chi connectivity index (χ3n) is 4.67. The lowest BCUT2D eigenvalue weighted by atomic mass is 10.1. The van der Waals surface area contributed by atoms with E-state index >= 15 is 0 Å². The summed E-state index contributed by atoms with van der Waals surface area (Å²) in [5, 5.41) is 12.2. The third kappa shape index (κ3) is 3.44. The van der Waals surface area contributed by atoms with E-state index in [1.807, 2.05) is 42.7 Å². The van der Waals surface area contributed by atoms with Crippen molar-refractivity contribution in [1.82, 2.24) is 30.0 Å². The maximum atomic E-state index is 4.49. The van der Waals surface area contributed by atoms with Gasteiger partial charge in [0, 0.05) is 55.5 Å². The van der Waals surface area contributed by atoms with Gasteiger partial charge >= 0.3 is 0 Å². The normalized spacial score (nSPS) is 16.6. The predicted octanol–water partition coefficient (Wildman–Crippen LogP) is 2.40. The zero-order valence-corrected chi connectivity index (χ0v) is 14.4. The van der Waals surface area contributed by atoms with E-state index in [0.29, 0.717) is 6.04 Å². The van der Waals surface area contributed by atoms with Crippen molar-refractivity contribution in [2.24, 2.45) is 0 Å². The summed E-state index contributed by atoms with van der Waals surface area (Å²) in [7, 11) is 0. The monoisotopic (exact) mass is 334 g/mol. The molecule has 0 saturated carbocycles. The molecule has 25 heavy (non-hydrogen) atoms. The highest BCUT2D eigenvalue weighted by molar-refractivity contribution is 5.53. The molecule has 128 valence electrons. The summed E-state index contributed by atoms with van der Waals surface area (Å²) in [6.07, 6.45) is 6.81. The average Bonchev–Trinajstić information content (AvgIpc) is 3.10. The van der Waals surface area contributed by atoms with Crippen molar-refractivity contribution in [3.05, 3.63) is 59.9 Å². The van der Waals surface area contributed by atoms with Crippen molar-refractivity contribution in [1.29, 1.82) is 0 Å². The molecule has 1 aliphatic rings. The quantitative estimate of drug-likeness (QED) is 0.776. The Kier molecular flexibility index (Phi) is 4.52. The van der Waals surface area contributed by atoms with Crippen molar-refractivity contribution >= 4 is 0 Å². The summed E-state index contributed by atoms with van der Waals surface area (Å²) < 4.78 is 2.26. The van der Waals surface area contributed by atoms with E-state index in [9.17, 15) is 0 Å². The number of aryl methyl sites for hydroxylation is 2. The van der Waals surface area contributed by atoms with E-state index in [1.54, 1.807) is 0 Å². The van der Waals surface area contributed by atoms with Crippen LogP contribution < -0.4 is 5.32 Å². The molecule has 0 fully saturated rings. The van der Waals surface area contributed by atoms with Crippen molar-refractivity contribution in [2.45, 2.75) is 45.3 Å². The predicted molar refractivity (Wildman–Crippen MR) is 95.8 cm³/mol. The first-order valence-corrected chi connectivity index (χ1v) is 8.84. The van der Waals surface area contributed by atoms with Gasteiger partial charge in [0.25, 0.3) is 0 Å². The van der Waals surface area contributed by atoms with Gasteiger partial charge in [-0.3, -0.25) is 0 Å². The minimum atomic E-state index is 0.433. The van der Waals surface area contributed by atoms with Crippen molar-refractivity contribution in [3.63, 3.8) is 0 Å². The topological polar surface area (TPSA) is 68.5 Å². The number of aromatic nitrogens is 5. The molecule has 0 spiro atoms. The second kappa shape index (κ2) is 7.11. The van der Waals surface area contributed by atoms with Crippen LogP contribution in [-0.2, 0) is 25.9 Å². The zero-order chi connectivity index (χ0) is 17.1. The molecular weight excluding hydrogens is 312 g/mol. The van der Waals surface area contributed by atoms with E-state index in [-0.39, 0.29) is 0 Å². The number of hydrogen-bond acceptors (Lipinski definition) is 5. The Balaban J connectivity index is 1.37. The number of fused-ring (bicyclic) bond motifs is 1. The lowest BCUT2D eigenvalue weighted by molar-refractivity contribution is 0.373. The van der Waals surface area contributed by atoms with Crippen LogP contribution in [0.5, 0.6) is 0 Å². The maximum absolute atomic E-state index is 4.49. The van der Waals surface area contributed by atoms with E-state index in [0.717, 1.165) is 61.0 Å². The fraction of sp³-hybridized carbons (Fsp3) is 0.368. The number of hydrogen-bond donors (Lipinski definition) is 1. The van der Waals surface area contributed by atoms with Gasteiger partial charge in [-0.25, -0.2) is 9.97 Å². The molecule has 3 aromatic rings. The largest absolute Gasteiger partial charge is 0.313 e. The molecule has 2 aromatic heterocycles. The van der Waals surface area contributed by atoms with E-state index < -0.39 is 0 Å². The summed E-state index contributed by atoms with van der Waals surface area (Å²) in [6.45, 7) is 3.84. The fourth-order valence-corrected chi connectivity index (χ4v) is 3.26.